The molecule has 2 heterocycles. The first kappa shape index (κ1) is 10.9. The van der Waals surface area contributed by atoms with E-state index in [1.165, 1.54) is 32.4 Å². The molecule has 2 atom stereocenters. The van der Waals surface area contributed by atoms with Gasteiger partial charge in [-0.1, -0.05) is 6.42 Å². The summed E-state index contributed by atoms with van der Waals surface area (Å²) < 4.78 is 0. The summed E-state index contributed by atoms with van der Waals surface area (Å²) in [6.07, 6.45) is 3.51. The predicted octanol–water partition coefficient (Wildman–Crippen LogP) is 0.523. The first-order chi connectivity index (χ1) is 7.18. The standard InChI is InChI=1S/C11H21N3O/c1-9-12-10(11(15)13(9)2)8-14-6-4-3-5-7-14/h10-11,15H,3-8H2,1-2H3. The summed E-state index contributed by atoms with van der Waals surface area (Å²) in [6, 6.07) is 0.0492. The fourth-order valence-electron chi connectivity index (χ4n) is 2.39. The Morgan fingerprint density at radius 1 is 1.33 bits per heavy atom. The summed E-state index contributed by atoms with van der Waals surface area (Å²) in [7, 11) is 1.90. The normalized spacial score (nSPS) is 33.3. The summed E-state index contributed by atoms with van der Waals surface area (Å²) in [5.74, 6) is 0.949. The Labute approximate surface area is 91.6 Å². The van der Waals surface area contributed by atoms with E-state index in [1.54, 1.807) is 0 Å². The number of aliphatic hydroxyl groups excluding tert-OH is 1. The molecule has 1 saturated heterocycles. The van der Waals surface area contributed by atoms with Gasteiger partial charge >= 0.3 is 0 Å². The molecule has 0 bridgehead atoms. The SMILES string of the molecule is CC1=NC(CN2CCCCC2)C(O)N1C. The van der Waals surface area contributed by atoms with Crippen LogP contribution in [0.4, 0.5) is 0 Å². The minimum Gasteiger partial charge on any atom is -0.371 e. The molecular weight excluding hydrogens is 190 g/mol. The Morgan fingerprint density at radius 3 is 2.53 bits per heavy atom. The third kappa shape index (κ3) is 2.32. The summed E-state index contributed by atoms with van der Waals surface area (Å²) in [5.41, 5.74) is 0. The zero-order valence-corrected chi connectivity index (χ0v) is 9.69. The van der Waals surface area contributed by atoms with Crippen LogP contribution in [0.3, 0.4) is 0 Å². The van der Waals surface area contributed by atoms with Crippen molar-refractivity contribution in [2.45, 2.75) is 38.5 Å². The zero-order chi connectivity index (χ0) is 10.8. The number of hydrogen-bond acceptors (Lipinski definition) is 4. The average Bonchev–Trinajstić information content (AvgIpc) is 2.48. The maximum atomic E-state index is 9.94. The Hall–Kier alpha value is -0.610. The molecule has 2 aliphatic rings. The quantitative estimate of drug-likeness (QED) is 0.724. The fourth-order valence-corrected chi connectivity index (χ4v) is 2.39. The first-order valence-electron chi connectivity index (χ1n) is 5.86. The van der Waals surface area contributed by atoms with Gasteiger partial charge in [-0.2, -0.15) is 0 Å². The van der Waals surface area contributed by atoms with E-state index in [1.807, 2.05) is 18.9 Å². The second-order valence-corrected chi connectivity index (χ2v) is 4.63. The number of rotatable bonds is 2. The number of hydrogen-bond donors (Lipinski definition) is 1. The molecule has 4 nitrogen and oxygen atoms in total. The molecule has 0 spiro atoms. The van der Waals surface area contributed by atoms with Crippen LogP contribution >= 0.6 is 0 Å². The molecule has 2 unspecified atom stereocenters. The molecule has 0 aliphatic carbocycles. The Balaban J connectivity index is 1.89. The van der Waals surface area contributed by atoms with Crippen LogP contribution in [-0.4, -0.2) is 59.7 Å². The maximum absolute atomic E-state index is 9.94. The van der Waals surface area contributed by atoms with E-state index in [9.17, 15) is 5.11 Å². The number of aliphatic hydroxyl groups is 1. The van der Waals surface area contributed by atoms with Crippen LogP contribution in [0.5, 0.6) is 0 Å². The highest BCUT2D eigenvalue weighted by Gasteiger charge is 2.31. The largest absolute Gasteiger partial charge is 0.371 e. The molecule has 2 aliphatic heterocycles. The summed E-state index contributed by atoms with van der Waals surface area (Å²) in [6.45, 7) is 5.20. The topological polar surface area (TPSA) is 39.1 Å². The van der Waals surface area contributed by atoms with Gasteiger partial charge in [-0.3, -0.25) is 4.99 Å². The van der Waals surface area contributed by atoms with Gasteiger partial charge in [0.05, 0.1) is 5.84 Å². The van der Waals surface area contributed by atoms with Gasteiger partial charge in [-0.15, -0.1) is 0 Å². The predicted molar refractivity (Wildman–Crippen MR) is 61.0 cm³/mol. The number of amidine groups is 1. The van der Waals surface area contributed by atoms with Crippen LogP contribution in [0.1, 0.15) is 26.2 Å². The van der Waals surface area contributed by atoms with E-state index in [-0.39, 0.29) is 6.04 Å². The van der Waals surface area contributed by atoms with Crippen molar-refractivity contribution in [3.05, 3.63) is 0 Å². The van der Waals surface area contributed by atoms with Gasteiger partial charge in [0.15, 0.2) is 6.23 Å². The van der Waals surface area contributed by atoms with Crippen LogP contribution in [-0.2, 0) is 0 Å². The van der Waals surface area contributed by atoms with E-state index in [2.05, 4.69) is 9.89 Å². The highest BCUT2D eigenvalue weighted by Crippen LogP contribution is 2.17. The second-order valence-electron chi connectivity index (χ2n) is 4.63. The molecule has 1 N–H and O–H groups in total. The molecule has 1 fully saturated rings. The molecule has 86 valence electrons. The lowest BCUT2D eigenvalue weighted by molar-refractivity contribution is 0.0468. The highest BCUT2D eigenvalue weighted by atomic mass is 16.3. The van der Waals surface area contributed by atoms with Crippen molar-refractivity contribution in [2.75, 3.05) is 26.7 Å². The van der Waals surface area contributed by atoms with Crippen LogP contribution in [0.15, 0.2) is 4.99 Å². The van der Waals surface area contributed by atoms with Crippen molar-refractivity contribution in [1.29, 1.82) is 0 Å². The molecule has 0 saturated carbocycles. The molecule has 0 amide bonds. The third-order valence-corrected chi connectivity index (χ3v) is 3.50. The van der Waals surface area contributed by atoms with Crippen molar-refractivity contribution in [1.82, 2.24) is 9.80 Å². The van der Waals surface area contributed by atoms with Gasteiger partial charge in [0.2, 0.25) is 0 Å². The molecule has 0 aromatic heterocycles. The number of piperidine rings is 1. The lowest BCUT2D eigenvalue weighted by atomic mass is 10.1. The summed E-state index contributed by atoms with van der Waals surface area (Å²) in [5, 5.41) is 9.94. The van der Waals surface area contributed by atoms with E-state index in [4.69, 9.17) is 0 Å². The molecule has 0 aromatic rings. The number of aliphatic imine (C=N–C) groups is 1. The van der Waals surface area contributed by atoms with Crippen molar-refractivity contribution < 1.29 is 5.11 Å². The van der Waals surface area contributed by atoms with Gasteiger partial charge in [-0.05, 0) is 32.9 Å². The summed E-state index contributed by atoms with van der Waals surface area (Å²) in [4.78, 5) is 8.78. The Morgan fingerprint density at radius 2 is 2.00 bits per heavy atom. The monoisotopic (exact) mass is 211 g/mol. The highest BCUT2D eigenvalue weighted by molar-refractivity contribution is 5.81. The zero-order valence-electron chi connectivity index (χ0n) is 9.69. The van der Waals surface area contributed by atoms with Crippen molar-refractivity contribution in [2.24, 2.45) is 4.99 Å². The lowest BCUT2D eigenvalue weighted by Gasteiger charge is -2.29. The van der Waals surface area contributed by atoms with Gasteiger partial charge in [-0.25, -0.2) is 0 Å². The van der Waals surface area contributed by atoms with Crippen molar-refractivity contribution >= 4 is 5.84 Å². The number of likely N-dealkylation sites (tertiary alicyclic amines) is 1. The van der Waals surface area contributed by atoms with Crippen LogP contribution in [0, 0.1) is 0 Å². The van der Waals surface area contributed by atoms with E-state index in [0.717, 1.165) is 12.4 Å². The van der Waals surface area contributed by atoms with Crippen molar-refractivity contribution in [3.63, 3.8) is 0 Å². The van der Waals surface area contributed by atoms with E-state index in [0.29, 0.717) is 0 Å². The second kappa shape index (κ2) is 4.49. The van der Waals surface area contributed by atoms with E-state index >= 15 is 0 Å². The summed E-state index contributed by atoms with van der Waals surface area (Å²) >= 11 is 0. The minimum atomic E-state index is -0.424. The van der Waals surface area contributed by atoms with Crippen LogP contribution in [0.2, 0.25) is 0 Å². The fraction of sp³-hybridized carbons (Fsp3) is 0.909. The smallest absolute Gasteiger partial charge is 0.151 e. The van der Waals surface area contributed by atoms with E-state index < -0.39 is 6.23 Å². The first-order valence-corrected chi connectivity index (χ1v) is 5.86. The third-order valence-electron chi connectivity index (χ3n) is 3.50. The molecule has 0 radical (unpaired) electrons. The Bertz CT molecular complexity index is 248. The number of nitrogens with zero attached hydrogens (tertiary/aromatic N) is 3. The van der Waals surface area contributed by atoms with Gasteiger partial charge in [0, 0.05) is 13.6 Å². The van der Waals surface area contributed by atoms with Gasteiger partial charge < -0.3 is 14.9 Å². The maximum Gasteiger partial charge on any atom is 0.151 e. The molecule has 2 rings (SSSR count). The average molecular weight is 211 g/mol. The number of likely N-dealkylation sites (N-methyl/N-ethyl adjacent to an activating group) is 1. The minimum absolute atomic E-state index is 0.0492. The molecule has 4 heteroatoms. The molecular formula is C11H21N3O. The Kier molecular flexibility index (Phi) is 3.26. The van der Waals surface area contributed by atoms with Crippen molar-refractivity contribution in [3.8, 4) is 0 Å². The lowest BCUT2D eigenvalue weighted by Crippen LogP contribution is -2.43. The van der Waals surface area contributed by atoms with Crippen LogP contribution < -0.4 is 0 Å². The van der Waals surface area contributed by atoms with Crippen LogP contribution in [0.25, 0.3) is 0 Å². The molecule has 0 aromatic carbocycles. The molecule has 15 heavy (non-hydrogen) atoms. The van der Waals surface area contributed by atoms with Gasteiger partial charge in [0.1, 0.15) is 6.04 Å². The van der Waals surface area contributed by atoms with Gasteiger partial charge in [0.25, 0.3) is 0 Å².